The molecule has 9 rings (SSSR count). The molecule has 5 heteroatoms. The summed E-state index contributed by atoms with van der Waals surface area (Å²) in [6, 6.07) is 54.3. The van der Waals surface area contributed by atoms with Gasteiger partial charge in [-0.05, 0) is 36.4 Å². The van der Waals surface area contributed by atoms with Crippen molar-refractivity contribution in [1.82, 2.24) is 14.5 Å². The highest BCUT2D eigenvalue weighted by Gasteiger charge is 2.28. The lowest BCUT2D eigenvalue weighted by Gasteiger charge is -2.12. The second-order valence-electron chi connectivity index (χ2n) is 11.5. The van der Waals surface area contributed by atoms with Gasteiger partial charge in [-0.15, -0.1) is 0 Å². The third-order valence-electron chi connectivity index (χ3n) is 8.64. The fourth-order valence-corrected chi connectivity index (χ4v) is 6.48. The minimum atomic E-state index is -0.236. The molecule has 2 aromatic heterocycles. The number of aromatic nitrogens is 3. The summed E-state index contributed by atoms with van der Waals surface area (Å²) in [4.78, 5) is 10.2. The fourth-order valence-electron chi connectivity index (χ4n) is 6.48. The molecule has 0 radical (unpaired) electrons. The lowest BCUT2D eigenvalue weighted by molar-refractivity contribution is 0.263. The molecule has 1 unspecified atom stereocenters. The number of fused-ring (bicyclic) bond motifs is 5. The Morgan fingerprint density at radius 1 is 0.543 bits per heavy atom. The summed E-state index contributed by atoms with van der Waals surface area (Å²) < 4.78 is 8.93. The first-order chi connectivity index (χ1) is 22.8. The number of nitrogens with one attached hydrogen (secondary N) is 1. The average molecular weight is 593 g/mol. The smallest absolute Gasteiger partial charge is 0.196 e. The molecule has 1 aliphatic heterocycles. The standard InChI is InChI=1S/C41H28N4O/c1-4-13-27(14-5-1)34-26-35(28-15-6-2-7-16-28)43-40(42-34)30-19-12-20-31(25-30)45-36-22-11-10-21-32(36)38-37(45)24-23-33-39(38)46-41(44-33)29-17-8-3-9-18-29/h1-26,41,44H. The Morgan fingerprint density at radius 2 is 1.17 bits per heavy atom. The van der Waals surface area contributed by atoms with Crippen LogP contribution in [0.1, 0.15) is 11.8 Å². The maximum atomic E-state index is 6.62. The fraction of sp³-hybridized carbons (Fsp3) is 0.0244. The molecule has 0 fully saturated rings. The predicted molar refractivity (Wildman–Crippen MR) is 186 cm³/mol. The largest absolute Gasteiger partial charge is 0.464 e. The maximum absolute atomic E-state index is 6.62. The van der Waals surface area contributed by atoms with Crippen LogP contribution in [0.4, 0.5) is 5.69 Å². The molecular weight excluding hydrogens is 564 g/mol. The van der Waals surface area contributed by atoms with Crippen molar-refractivity contribution >= 4 is 27.5 Å². The summed E-state index contributed by atoms with van der Waals surface area (Å²) in [5.74, 6) is 1.56. The number of rotatable bonds is 5. The van der Waals surface area contributed by atoms with Crippen molar-refractivity contribution in [2.24, 2.45) is 0 Å². The van der Waals surface area contributed by atoms with Gasteiger partial charge in [0.15, 0.2) is 17.8 Å². The van der Waals surface area contributed by atoms with Crippen molar-refractivity contribution in [2.45, 2.75) is 6.23 Å². The zero-order valence-electron chi connectivity index (χ0n) is 24.8. The van der Waals surface area contributed by atoms with Gasteiger partial charge in [0.25, 0.3) is 0 Å². The van der Waals surface area contributed by atoms with E-state index in [-0.39, 0.29) is 6.23 Å². The predicted octanol–water partition coefficient (Wildman–Crippen LogP) is 10.1. The third-order valence-corrected chi connectivity index (χ3v) is 8.64. The van der Waals surface area contributed by atoms with Gasteiger partial charge >= 0.3 is 0 Å². The van der Waals surface area contributed by atoms with Crippen molar-refractivity contribution in [1.29, 1.82) is 0 Å². The van der Waals surface area contributed by atoms with Crippen LogP contribution < -0.4 is 10.1 Å². The molecule has 218 valence electrons. The Labute approximate surface area is 266 Å². The zero-order chi connectivity index (χ0) is 30.5. The van der Waals surface area contributed by atoms with Gasteiger partial charge in [-0.25, -0.2) is 9.97 Å². The molecule has 5 nitrogen and oxygen atoms in total. The van der Waals surface area contributed by atoms with E-state index >= 15 is 0 Å². The summed E-state index contributed by atoms with van der Waals surface area (Å²) in [7, 11) is 0. The van der Waals surface area contributed by atoms with Crippen molar-refractivity contribution in [3.05, 3.63) is 163 Å². The Bertz CT molecular complexity index is 2310. The summed E-state index contributed by atoms with van der Waals surface area (Å²) in [6.45, 7) is 0. The Kier molecular flexibility index (Phi) is 6.13. The van der Waals surface area contributed by atoms with Gasteiger partial charge in [0, 0.05) is 33.3 Å². The Balaban J connectivity index is 1.20. The number of hydrogen-bond donors (Lipinski definition) is 1. The number of para-hydroxylation sites is 1. The van der Waals surface area contributed by atoms with Gasteiger partial charge in [0.2, 0.25) is 0 Å². The molecule has 3 heterocycles. The lowest BCUT2D eigenvalue weighted by atomic mass is 10.1. The number of ether oxygens (including phenoxy) is 1. The first-order valence-corrected chi connectivity index (χ1v) is 15.5. The van der Waals surface area contributed by atoms with Gasteiger partial charge in [-0.1, -0.05) is 121 Å². The number of benzene rings is 6. The lowest BCUT2D eigenvalue weighted by Crippen LogP contribution is -2.09. The van der Waals surface area contributed by atoms with Gasteiger partial charge in [0.1, 0.15) is 0 Å². The molecule has 6 aromatic carbocycles. The molecule has 0 amide bonds. The van der Waals surface area contributed by atoms with Gasteiger partial charge in [0.05, 0.1) is 33.5 Å². The minimum Gasteiger partial charge on any atom is -0.464 e. The highest BCUT2D eigenvalue weighted by molar-refractivity contribution is 6.14. The number of anilines is 1. The van der Waals surface area contributed by atoms with Crippen LogP contribution in [0.3, 0.4) is 0 Å². The molecule has 0 bridgehead atoms. The summed E-state index contributed by atoms with van der Waals surface area (Å²) in [5.41, 5.74) is 10.1. The highest BCUT2D eigenvalue weighted by atomic mass is 16.5. The van der Waals surface area contributed by atoms with Crippen molar-refractivity contribution in [3.63, 3.8) is 0 Å². The molecule has 0 saturated carbocycles. The Morgan fingerprint density at radius 3 is 1.89 bits per heavy atom. The molecule has 0 spiro atoms. The van der Waals surface area contributed by atoms with E-state index in [9.17, 15) is 0 Å². The van der Waals surface area contributed by atoms with E-state index in [1.807, 2.05) is 54.6 Å². The monoisotopic (exact) mass is 592 g/mol. The van der Waals surface area contributed by atoms with Crippen LogP contribution in [0.25, 0.3) is 61.4 Å². The first kappa shape index (κ1) is 26.2. The summed E-state index contributed by atoms with van der Waals surface area (Å²) >= 11 is 0. The van der Waals surface area contributed by atoms with Crippen molar-refractivity contribution < 1.29 is 4.74 Å². The minimum absolute atomic E-state index is 0.236. The molecule has 0 saturated heterocycles. The first-order valence-electron chi connectivity index (χ1n) is 15.5. The van der Waals surface area contributed by atoms with Gasteiger partial charge in [-0.3, -0.25) is 0 Å². The second kappa shape index (κ2) is 10.8. The maximum Gasteiger partial charge on any atom is 0.196 e. The molecule has 1 N–H and O–H groups in total. The van der Waals surface area contributed by atoms with Gasteiger partial charge < -0.3 is 14.6 Å². The van der Waals surface area contributed by atoms with Crippen LogP contribution >= 0.6 is 0 Å². The van der Waals surface area contributed by atoms with Gasteiger partial charge in [-0.2, -0.15) is 0 Å². The van der Waals surface area contributed by atoms with Crippen LogP contribution in [0, 0.1) is 0 Å². The SMILES string of the molecule is c1ccc(-c2cc(-c3ccccc3)nc(-c3cccc(-n4c5ccccc5c5c6c(ccc54)NC(c4ccccc4)O6)c3)n2)cc1. The van der Waals surface area contributed by atoms with Crippen LogP contribution in [0.5, 0.6) is 5.75 Å². The molecule has 8 aromatic rings. The third kappa shape index (κ3) is 4.41. The molecule has 0 aliphatic carbocycles. The second-order valence-corrected chi connectivity index (χ2v) is 11.5. The molecular formula is C41H28N4O. The molecule has 1 atom stereocenters. The number of nitrogens with zero attached hydrogens (tertiary/aromatic N) is 3. The normalized spacial score (nSPS) is 13.8. The van der Waals surface area contributed by atoms with E-state index < -0.39 is 0 Å². The van der Waals surface area contributed by atoms with Crippen LogP contribution in [0.2, 0.25) is 0 Å². The van der Waals surface area contributed by atoms with Crippen molar-refractivity contribution in [2.75, 3.05) is 5.32 Å². The van der Waals surface area contributed by atoms with E-state index in [0.717, 1.165) is 72.6 Å². The van der Waals surface area contributed by atoms with E-state index in [1.54, 1.807) is 0 Å². The van der Waals surface area contributed by atoms with E-state index in [1.165, 1.54) is 0 Å². The van der Waals surface area contributed by atoms with Crippen LogP contribution in [0.15, 0.2) is 158 Å². The zero-order valence-corrected chi connectivity index (χ0v) is 24.8. The summed E-state index contributed by atoms with van der Waals surface area (Å²) in [6.07, 6.45) is -0.236. The summed E-state index contributed by atoms with van der Waals surface area (Å²) in [5, 5.41) is 5.81. The highest BCUT2D eigenvalue weighted by Crippen LogP contribution is 2.47. The van der Waals surface area contributed by atoms with Crippen molar-refractivity contribution in [3.8, 4) is 45.3 Å². The molecule has 46 heavy (non-hydrogen) atoms. The van der Waals surface area contributed by atoms with Crippen LogP contribution in [-0.4, -0.2) is 14.5 Å². The van der Waals surface area contributed by atoms with E-state index in [2.05, 4.69) is 113 Å². The quantitative estimate of drug-likeness (QED) is 0.216. The number of hydrogen-bond acceptors (Lipinski definition) is 4. The molecule has 1 aliphatic rings. The van der Waals surface area contributed by atoms with Crippen LogP contribution in [-0.2, 0) is 0 Å². The van der Waals surface area contributed by atoms with E-state index in [0.29, 0.717) is 5.82 Å². The topological polar surface area (TPSA) is 52.0 Å². The average Bonchev–Trinajstić information content (AvgIpc) is 3.72. The van der Waals surface area contributed by atoms with E-state index in [4.69, 9.17) is 14.7 Å². The Hall–Kier alpha value is -6.20.